The third-order valence-electron chi connectivity index (χ3n) is 5.12. The standard InChI is InChI=1S/C17H22N2OS/c1-2-11-6-8-12(9-7-11)20-16-15-13-4-3-5-14(13)21-17(15)19-10-18-16/h10-12H,2-9H2,1H3/t11-,12-. The first kappa shape index (κ1) is 13.5. The lowest BCUT2D eigenvalue weighted by molar-refractivity contribution is 0.126. The molecule has 21 heavy (non-hydrogen) atoms. The van der Waals surface area contributed by atoms with E-state index in [9.17, 15) is 0 Å². The van der Waals surface area contributed by atoms with Gasteiger partial charge in [-0.25, -0.2) is 9.97 Å². The van der Waals surface area contributed by atoms with Crippen LogP contribution in [-0.2, 0) is 12.8 Å². The first-order valence-electron chi connectivity index (χ1n) is 8.27. The van der Waals surface area contributed by atoms with E-state index in [0.717, 1.165) is 16.6 Å². The van der Waals surface area contributed by atoms with Crippen molar-refractivity contribution in [2.24, 2.45) is 5.92 Å². The SMILES string of the molecule is CC[C@H]1CC[C@H](Oc2ncnc3sc4c(c23)CCC4)CC1. The molecule has 1 fully saturated rings. The molecule has 0 aliphatic heterocycles. The zero-order valence-electron chi connectivity index (χ0n) is 12.6. The van der Waals surface area contributed by atoms with Crippen molar-refractivity contribution in [3.05, 3.63) is 16.8 Å². The maximum absolute atomic E-state index is 6.30. The van der Waals surface area contributed by atoms with Crippen LogP contribution in [0.4, 0.5) is 0 Å². The highest BCUT2D eigenvalue weighted by Crippen LogP contribution is 2.40. The van der Waals surface area contributed by atoms with Crippen LogP contribution in [0, 0.1) is 5.92 Å². The van der Waals surface area contributed by atoms with Crippen molar-refractivity contribution in [1.29, 1.82) is 0 Å². The molecular weight excluding hydrogens is 280 g/mol. The predicted octanol–water partition coefficient (Wildman–Crippen LogP) is 4.53. The number of aryl methyl sites for hydroxylation is 2. The van der Waals surface area contributed by atoms with Crippen molar-refractivity contribution < 1.29 is 4.74 Å². The lowest BCUT2D eigenvalue weighted by atomic mass is 9.86. The van der Waals surface area contributed by atoms with Crippen molar-refractivity contribution in [2.45, 2.75) is 64.4 Å². The summed E-state index contributed by atoms with van der Waals surface area (Å²) in [6.07, 6.45) is 11.9. The van der Waals surface area contributed by atoms with Gasteiger partial charge < -0.3 is 4.74 Å². The van der Waals surface area contributed by atoms with Gasteiger partial charge in [0.2, 0.25) is 5.88 Å². The van der Waals surface area contributed by atoms with Crippen molar-refractivity contribution in [1.82, 2.24) is 9.97 Å². The molecule has 0 unspecified atom stereocenters. The second-order valence-corrected chi connectivity index (χ2v) is 7.47. The number of rotatable bonds is 3. The van der Waals surface area contributed by atoms with Crippen LogP contribution >= 0.6 is 11.3 Å². The Balaban J connectivity index is 1.59. The zero-order chi connectivity index (χ0) is 14.2. The van der Waals surface area contributed by atoms with Gasteiger partial charge in [0.15, 0.2) is 0 Å². The number of ether oxygens (including phenoxy) is 1. The van der Waals surface area contributed by atoms with E-state index in [0.29, 0.717) is 6.10 Å². The molecule has 2 aromatic rings. The molecule has 2 aromatic heterocycles. The summed E-state index contributed by atoms with van der Waals surface area (Å²) in [4.78, 5) is 11.5. The topological polar surface area (TPSA) is 35.0 Å². The molecule has 4 rings (SSSR count). The molecule has 0 spiro atoms. The number of hydrogen-bond acceptors (Lipinski definition) is 4. The average Bonchev–Trinajstić information content (AvgIpc) is 3.09. The van der Waals surface area contributed by atoms with Crippen LogP contribution in [0.3, 0.4) is 0 Å². The molecule has 2 aliphatic carbocycles. The number of nitrogens with zero attached hydrogens (tertiary/aromatic N) is 2. The van der Waals surface area contributed by atoms with E-state index in [1.807, 2.05) is 11.3 Å². The summed E-state index contributed by atoms with van der Waals surface area (Å²) in [6.45, 7) is 2.30. The molecule has 0 N–H and O–H groups in total. The Morgan fingerprint density at radius 3 is 2.86 bits per heavy atom. The first-order valence-corrected chi connectivity index (χ1v) is 9.08. The maximum atomic E-state index is 6.30. The molecule has 0 amide bonds. The predicted molar refractivity (Wildman–Crippen MR) is 86.1 cm³/mol. The van der Waals surface area contributed by atoms with Crippen LogP contribution in [0.1, 0.15) is 55.9 Å². The molecule has 3 nitrogen and oxygen atoms in total. The largest absolute Gasteiger partial charge is 0.474 e. The number of hydrogen-bond donors (Lipinski definition) is 0. The summed E-state index contributed by atoms with van der Waals surface area (Å²) in [6, 6.07) is 0. The normalized spacial score (nSPS) is 25.2. The Labute approximate surface area is 129 Å². The van der Waals surface area contributed by atoms with Gasteiger partial charge in [0.1, 0.15) is 17.3 Å². The second-order valence-electron chi connectivity index (χ2n) is 6.39. The molecule has 112 valence electrons. The number of fused-ring (bicyclic) bond motifs is 3. The fourth-order valence-electron chi connectivity index (χ4n) is 3.80. The van der Waals surface area contributed by atoms with E-state index >= 15 is 0 Å². The van der Waals surface area contributed by atoms with E-state index in [1.165, 1.54) is 67.2 Å². The average molecular weight is 302 g/mol. The highest BCUT2D eigenvalue weighted by atomic mass is 32.1. The molecular formula is C17H22N2OS. The fraction of sp³-hybridized carbons (Fsp3) is 0.647. The minimum absolute atomic E-state index is 0.350. The van der Waals surface area contributed by atoms with E-state index in [-0.39, 0.29) is 0 Å². The molecule has 0 radical (unpaired) electrons. The van der Waals surface area contributed by atoms with Gasteiger partial charge in [0.05, 0.1) is 5.39 Å². The highest BCUT2D eigenvalue weighted by molar-refractivity contribution is 7.18. The van der Waals surface area contributed by atoms with Crippen molar-refractivity contribution in [2.75, 3.05) is 0 Å². The number of aromatic nitrogens is 2. The van der Waals surface area contributed by atoms with Crippen LogP contribution in [0.15, 0.2) is 6.33 Å². The lowest BCUT2D eigenvalue weighted by Crippen LogP contribution is -2.24. The minimum atomic E-state index is 0.350. The smallest absolute Gasteiger partial charge is 0.225 e. The van der Waals surface area contributed by atoms with Crippen molar-refractivity contribution in [3.63, 3.8) is 0 Å². The fourth-order valence-corrected chi connectivity index (χ4v) is 5.02. The van der Waals surface area contributed by atoms with Gasteiger partial charge in [0.25, 0.3) is 0 Å². The van der Waals surface area contributed by atoms with Crippen LogP contribution in [0.2, 0.25) is 0 Å². The van der Waals surface area contributed by atoms with E-state index in [1.54, 1.807) is 6.33 Å². The first-order chi connectivity index (χ1) is 10.3. The molecule has 1 saturated carbocycles. The van der Waals surface area contributed by atoms with E-state index < -0.39 is 0 Å². The van der Waals surface area contributed by atoms with Gasteiger partial charge in [-0.1, -0.05) is 13.3 Å². The summed E-state index contributed by atoms with van der Waals surface area (Å²) in [5.41, 5.74) is 1.47. The van der Waals surface area contributed by atoms with E-state index in [2.05, 4.69) is 16.9 Å². The van der Waals surface area contributed by atoms with Gasteiger partial charge in [-0.3, -0.25) is 0 Å². The molecule has 0 bridgehead atoms. The summed E-state index contributed by atoms with van der Waals surface area (Å²) >= 11 is 1.84. The Kier molecular flexibility index (Phi) is 3.57. The quantitative estimate of drug-likeness (QED) is 0.835. The minimum Gasteiger partial charge on any atom is -0.474 e. The van der Waals surface area contributed by atoms with E-state index in [4.69, 9.17) is 4.74 Å². The zero-order valence-corrected chi connectivity index (χ0v) is 13.4. The summed E-state index contributed by atoms with van der Waals surface area (Å²) in [5, 5.41) is 1.22. The summed E-state index contributed by atoms with van der Waals surface area (Å²) in [7, 11) is 0. The third-order valence-corrected chi connectivity index (χ3v) is 6.32. The molecule has 4 heteroatoms. The van der Waals surface area contributed by atoms with Gasteiger partial charge in [-0.15, -0.1) is 11.3 Å². The lowest BCUT2D eigenvalue weighted by Gasteiger charge is -2.28. The highest BCUT2D eigenvalue weighted by Gasteiger charge is 2.25. The van der Waals surface area contributed by atoms with Crippen LogP contribution in [-0.4, -0.2) is 16.1 Å². The molecule has 2 heterocycles. The van der Waals surface area contributed by atoms with Crippen LogP contribution < -0.4 is 4.74 Å². The second kappa shape index (κ2) is 5.56. The van der Waals surface area contributed by atoms with Gasteiger partial charge in [-0.2, -0.15) is 0 Å². The van der Waals surface area contributed by atoms with Crippen LogP contribution in [0.5, 0.6) is 5.88 Å². The number of thiophene rings is 1. The van der Waals surface area contributed by atoms with Gasteiger partial charge >= 0.3 is 0 Å². The Morgan fingerprint density at radius 1 is 1.19 bits per heavy atom. The van der Waals surface area contributed by atoms with Gasteiger partial charge in [-0.05, 0) is 56.4 Å². The summed E-state index contributed by atoms with van der Waals surface area (Å²) in [5.74, 6) is 1.75. The Morgan fingerprint density at radius 2 is 2.05 bits per heavy atom. The molecule has 0 atom stereocenters. The van der Waals surface area contributed by atoms with Gasteiger partial charge in [0, 0.05) is 4.88 Å². The molecule has 0 aromatic carbocycles. The summed E-state index contributed by atoms with van der Waals surface area (Å²) < 4.78 is 6.30. The van der Waals surface area contributed by atoms with Crippen molar-refractivity contribution >= 4 is 21.6 Å². The Hall–Kier alpha value is -1.16. The molecule has 2 aliphatic rings. The Bertz CT molecular complexity index is 644. The van der Waals surface area contributed by atoms with Crippen molar-refractivity contribution in [3.8, 4) is 5.88 Å². The van der Waals surface area contributed by atoms with Crippen LogP contribution in [0.25, 0.3) is 10.2 Å². The third kappa shape index (κ3) is 2.44. The molecule has 0 saturated heterocycles. The maximum Gasteiger partial charge on any atom is 0.225 e. The monoisotopic (exact) mass is 302 g/mol.